The number of rotatable bonds is 6. The van der Waals surface area contributed by atoms with Gasteiger partial charge in [0.15, 0.2) is 0 Å². The van der Waals surface area contributed by atoms with Crippen LogP contribution in [0.1, 0.15) is 41.5 Å². The fourth-order valence-electron chi connectivity index (χ4n) is 2.80. The molecule has 0 spiro atoms. The summed E-state index contributed by atoms with van der Waals surface area (Å²) < 4.78 is 6.91. The van der Waals surface area contributed by atoms with E-state index in [1.165, 1.54) is 6.07 Å². The number of aromatic nitrogens is 3. The van der Waals surface area contributed by atoms with Crippen LogP contribution in [0.3, 0.4) is 0 Å². The fraction of sp³-hybridized carbons (Fsp3) is 0.250. The lowest BCUT2D eigenvalue weighted by atomic mass is 10.1. The molecule has 0 radical (unpaired) electrons. The molecule has 1 unspecified atom stereocenters. The van der Waals surface area contributed by atoms with E-state index in [1.54, 1.807) is 24.1 Å². The number of amides is 1. The number of H-pyrrole nitrogens is 1. The number of carbonyl (C=O) groups excluding carboxylic acids is 1. The third-order valence-electron chi connectivity index (χ3n) is 4.39. The number of ether oxygens (including phenoxy) is 1. The Balaban J connectivity index is 1.75. The van der Waals surface area contributed by atoms with E-state index in [-0.39, 0.29) is 17.5 Å². The first-order valence-electron chi connectivity index (χ1n) is 8.74. The minimum Gasteiger partial charge on any atom is -0.497 e. The summed E-state index contributed by atoms with van der Waals surface area (Å²) in [6.07, 6.45) is 4.17. The highest BCUT2D eigenvalue weighted by Crippen LogP contribution is 2.18. The van der Waals surface area contributed by atoms with Crippen molar-refractivity contribution in [3.8, 4) is 11.4 Å². The van der Waals surface area contributed by atoms with Crippen LogP contribution >= 0.6 is 0 Å². The zero-order valence-electron chi connectivity index (χ0n) is 15.5. The van der Waals surface area contributed by atoms with Gasteiger partial charge in [0, 0.05) is 23.5 Å². The summed E-state index contributed by atoms with van der Waals surface area (Å²) in [5.41, 5.74) is 2.67. The summed E-state index contributed by atoms with van der Waals surface area (Å²) in [6.45, 7) is 3.79. The molecule has 0 fully saturated rings. The van der Waals surface area contributed by atoms with Gasteiger partial charge in [-0.2, -0.15) is 5.10 Å². The van der Waals surface area contributed by atoms with Gasteiger partial charge < -0.3 is 15.0 Å². The molecule has 0 saturated carbocycles. The van der Waals surface area contributed by atoms with Crippen LogP contribution in [0.15, 0.2) is 53.6 Å². The van der Waals surface area contributed by atoms with Crippen LogP contribution < -0.4 is 15.6 Å². The lowest BCUT2D eigenvalue weighted by Crippen LogP contribution is -2.28. The number of nitrogens with zero attached hydrogens (tertiary/aromatic N) is 2. The highest BCUT2D eigenvalue weighted by molar-refractivity contribution is 5.95. The maximum Gasteiger partial charge on any atom is 0.253 e. The molecule has 0 aliphatic heterocycles. The Morgan fingerprint density at radius 3 is 2.67 bits per heavy atom. The smallest absolute Gasteiger partial charge is 0.253 e. The van der Waals surface area contributed by atoms with E-state index in [4.69, 9.17) is 4.74 Å². The van der Waals surface area contributed by atoms with Gasteiger partial charge in [0.25, 0.3) is 5.91 Å². The van der Waals surface area contributed by atoms with Crippen molar-refractivity contribution in [1.82, 2.24) is 20.1 Å². The Kier molecular flexibility index (Phi) is 5.40. The number of hydrogen-bond donors (Lipinski definition) is 2. The first-order chi connectivity index (χ1) is 13.0. The number of aryl methyl sites for hydroxylation is 1. The molecular formula is C20H22N4O3. The molecule has 1 atom stereocenters. The van der Waals surface area contributed by atoms with Gasteiger partial charge in [-0.3, -0.25) is 9.59 Å². The van der Waals surface area contributed by atoms with Crippen LogP contribution in [0, 0.1) is 0 Å². The van der Waals surface area contributed by atoms with E-state index in [0.29, 0.717) is 17.7 Å². The van der Waals surface area contributed by atoms with Crippen LogP contribution in [0.4, 0.5) is 0 Å². The minimum absolute atomic E-state index is 0.211. The van der Waals surface area contributed by atoms with Gasteiger partial charge in [-0.05, 0) is 43.7 Å². The third kappa shape index (κ3) is 4.08. The second kappa shape index (κ2) is 7.90. The number of aromatic amines is 1. The molecule has 7 heteroatoms. The monoisotopic (exact) mass is 366 g/mol. The highest BCUT2D eigenvalue weighted by Gasteiger charge is 2.16. The molecule has 27 heavy (non-hydrogen) atoms. The van der Waals surface area contributed by atoms with E-state index in [0.717, 1.165) is 17.0 Å². The van der Waals surface area contributed by atoms with E-state index < -0.39 is 0 Å². The largest absolute Gasteiger partial charge is 0.497 e. The van der Waals surface area contributed by atoms with Gasteiger partial charge in [0.1, 0.15) is 5.75 Å². The van der Waals surface area contributed by atoms with Crippen molar-refractivity contribution in [2.75, 3.05) is 7.11 Å². The first-order valence-corrected chi connectivity index (χ1v) is 8.74. The first kappa shape index (κ1) is 18.4. The van der Waals surface area contributed by atoms with Crippen molar-refractivity contribution < 1.29 is 9.53 Å². The Morgan fingerprint density at radius 2 is 2.00 bits per heavy atom. The molecule has 2 heterocycles. The van der Waals surface area contributed by atoms with E-state index in [2.05, 4.69) is 15.4 Å². The predicted octanol–water partition coefficient (Wildman–Crippen LogP) is 2.62. The van der Waals surface area contributed by atoms with Gasteiger partial charge in [-0.15, -0.1) is 0 Å². The zero-order valence-corrected chi connectivity index (χ0v) is 15.5. The van der Waals surface area contributed by atoms with Gasteiger partial charge in [0.05, 0.1) is 30.6 Å². The second-order valence-electron chi connectivity index (χ2n) is 6.18. The van der Waals surface area contributed by atoms with Crippen molar-refractivity contribution in [1.29, 1.82) is 0 Å². The fourth-order valence-corrected chi connectivity index (χ4v) is 2.80. The lowest BCUT2D eigenvalue weighted by molar-refractivity contribution is 0.0938. The normalized spacial score (nSPS) is 11.8. The number of hydrogen-bond acceptors (Lipinski definition) is 4. The van der Waals surface area contributed by atoms with Crippen LogP contribution in [-0.4, -0.2) is 27.8 Å². The second-order valence-corrected chi connectivity index (χ2v) is 6.18. The van der Waals surface area contributed by atoms with Crippen LogP contribution in [0.2, 0.25) is 0 Å². The van der Waals surface area contributed by atoms with Crippen molar-refractivity contribution in [3.63, 3.8) is 0 Å². The van der Waals surface area contributed by atoms with E-state index >= 15 is 0 Å². The number of methoxy groups -OCH3 is 1. The summed E-state index contributed by atoms with van der Waals surface area (Å²) in [4.78, 5) is 26.7. The molecule has 0 aliphatic rings. The van der Waals surface area contributed by atoms with Gasteiger partial charge in [-0.1, -0.05) is 6.92 Å². The molecule has 7 nitrogen and oxygen atoms in total. The molecule has 140 valence electrons. The maximum atomic E-state index is 12.6. The summed E-state index contributed by atoms with van der Waals surface area (Å²) in [5, 5.41) is 7.32. The Hall–Kier alpha value is -3.35. The molecule has 2 N–H and O–H groups in total. The standard InChI is InChI=1S/C20H22N4O3/c1-4-18-17(9-10-19(25)23-18)20(26)22-13(2)14-11-21-24(12-14)15-5-7-16(27-3)8-6-15/h5-13H,4H2,1-3H3,(H,22,26)(H,23,25). The minimum atomic E-state index is -0.235. The van der Waals surface area contributed by atoms with Crippen molar-refractivity contribution in [2.45, 2.75) is 26.3 Å². The number of nitrogens with one attached hydrogen (secondary N) is 2. The van der Waals surface area contributed by atoms with Gasteiger partial charge in [-0.25, -0.2) is 4.68 Å². The van der Waals surface area contributed by atoms with Crippen LogP contribution in [0.25, 0.3) is 5.69 Å². The third-order valence-corrected chi connectivity index (χ3v) is 4.39. The summed E-state index contributed by atoms with van der Waals surface area (Å²) in [7, 11) is 1.62. The molecule has 1 aromatic carbocycles. The Bertz CT molecular complexity index is 989. The quantitative estimate of drug-likeness (QED) is 0.702. The van der Waals surface area contributed by atoms with E-state index in [1.807, 2.05) is 44.3 Å². The zero-order chi connectivity index (χ0) is 19.4. The summed E-state index contributed by atoms with van der Waals surface area (Å²) in [5.74, 6) is 0.548. The number of carbonyl (C=O) groups is 1. The van der Waals surface area contributed by atoms with Gasteiger partial charge in [0.2, 0.25) is 5.56 Å². The Labute approximate surface area is 157 Å². The molecular weight excluding hydrogens is 344 g/mol. The SMILES string of the molecule is CCc1[nH]c(=O)ccc1C(=O)NC(C)c1cnn(-c2ccc(OC)cc2)c1. The molecule has 0 saturated heterocycles. The molecule has 1 amide bonds. The Morgan fingerprint density at radius 1 is 1.26 bits per heavy atom. The maximum absolute atomic E-state index is 12.6. The van der Waals surface area contributed by atoms with E-state index in [9.17, 15) is 9.59 Å². The van der Waals surface area contributed by atoms with Crippen LogP contribution in [-0.2, 0) is 6.42 Å². The average Bonchev–Trinajstić information content (AvgIpc) is 3.18. The van der Waals surface area contributed by atoms with Crippen molar-refractivity contribution in [3.05, 3.63) is 76.0 Å². The molecule has 2 aromatic heterocycles. The average molecular weight is 366 g/mol. The number of benzene rings is 1. The van der Waals surface area contributed by atoms with Crippen LogP contribution in [0.5, 0.6) is 5.75 Å². The molecule has 0 bridgehead atoms. The number of pyridine rings is 1. The highest BCUT2D eigenvalue weighted by atomic mass is 16.5. The summed E-state index contributed by atoms with van der Waals surface area (Å²) in [6, 6.07) is 10.2. The molecule has 3 rings (SSSR count). The van der Waals surface area contributed by atoms with Crippen molar-refractivity contribution >= 4 is 5.91 Å². The summed E-state index contributed by atoms with van der Waals surface area (Å²) >= 11 is 0. The molecule has 3 aromatic rings. The predicted molar refractivity (Wildman–Crippen MR) is 102 cm³/mol. The van der Waals surface area contributed by atoms with Gasteiger partial charge >= 0.3 is 0 Å². The topological polar surface area (TPSA) is 89.0 Å². The van der Waals surface area contributed by atoms with Crippen molar-refractivity contribution in [2.24, 2.45) is 0 Å². The lowest BCUT2D eigenvalue weighted by Gasteiger charge is -2.14. The molecule has 0 aliphatic carbocycles.